The Morgan fingerprint density at radius 1 is 1.06 bits per heavy atom. The van der Waals surface area contributed by atoms with Crippen LogP contribution in [0.25, 0.3) is 0 Å². The molecule has 31 heavy (non-hydrogen) atoms. The largest absolute Gasteiger partial charge is 0.495 e. The summed E-state index contributed by atoms with van der Waals surface area (Å²) in [6.07, 6.45) is -0.151. The maximum absolute atomic E-state index is 13.3. The number of fused-ring (bicyclic) bond motifs is 1. The highest BCUT2D eigenvalue weighted by atomic mass is 32.2. The number of sulfonamides is 1. The van der Waals surface area contributed by atoms with Gasteiger partial charge in [-0.05, 0) is 37.3 Å². The van der Waals surface area contributed by atoms with Crippen molar-refractivity contribution in [1.29, 1.82) is 0 Å². The summed E-state index contributed by atoms with van der Waals surface area (Å²) in [6.45, 7) is 5.59. The van der Waals surface area contributed by atoms with E-state index in [2.05, 4.69) is 4.90 Å². The molecule has 2 aromatic rings. The number of hydrogen-bond donors (Lipinski definition) is 0. The molecule has 166 valence electrons. The van der Waals surface area contributed by atoms with Crippen molar-refractivity contribution in [1.82, 2.24) is 4.31 Å². The van der Waals surface area contributed by atoms with Crippen molar-refractivity contribution in [3.05, 3.63) is 42.5 Å². The number of rotatable bonds is 4. The quantitative estimate of drug-likeness (QED) is 0.719. The van der Waals surface area contributed by atoms with Gasteiger partial charge in [-0.1, -0.05) is 12.1 Å². The predicted octanol–water partition coefficient (Wildman–Crippen LogP) is 2.34. The van der Waals surface area contributed by atoms with Gasteiger partial charge in [-0.2, -0.15) is 4.31 Å². The van der Waals surface area contributed by atoms with E-state index in [1.807, 2.05) is 31.2 Å². The summed E-state index contributed by atoms with van der Waals surface area (Å²) < 4.78 is 39.4. The van der Waals surface area contributed by atoms with Gasteiger partial charge in [0.15, 0.2) is 0 Å². The van der Waals surface area contributed by atoms with Gasteiger partial charge in [0.1, 0.15) is 17.6 Å². The number of carbonyl (C=O) groups is 1. The van der Waals surface area contributed by atoms with E-state index in [0.717, 1.165) is 11.4 Å². The van der Waals surface area contributed by atoms with Crippen LogP contribution in [0.3, 0.4) is 0 Å². The Kier molecular flexibility index (Phi) is 5.81. The van der Waals surface area contributed by atoms with Crippen LogP contribution in [-0.4, -0.2) is 64.6 Å². The molecule has 0 saturated carbocycles. The van der Waals surface area contributed by atoms with Crippen molar-refractivity contribution < 1.29 is 22.7 Å². The van der Waals surface area contributed by atoms with Crippen LogP contribution in [0.1, 0.15) is 13.8 Å². The van der Waals surface area contributed by atoms with Crippen molar-refractivity contribution in [2.24, 2.45) is 0 Å². The van der Waals surface area contributed by atoms with Gasteiger partial charge in [-0.3, -0.25) is 4.79 Å². The third-order valence-corrected chi connectivity index (χ3v) is 7.57. The number of carbonyl (C=O) groups excluding carboxylic acids is 1. The molecule has 4 rings (SSSR count). The first kappa shape index (κ1) is 21.5. The zero-order chi connectivity index (χ0) is 22.2. The van der Waals surface area contributed by atoms with Crippen molar-refractivity contribution in [3.63, 3.8) is 0 Å². The van der Waals surface area contributed by atoms with Crippen LogP contribution in [0.15, 0.2) is 47.4 Å². The van der Waals surface area contributed by atoms with E-state index in [4.69, 9.17) is 9.47 Å². The lowest BCUT2D eigenvalue weighted by Gasteiger charge is -2.36. The van der Waals surface area contributed by atoms with E-state index >= 15 is 0 Å². The molecule has 1 saturated heterocycles. The molecule has 8 nitrogen and oxygen atoms in total. The lowest BCUT2D eigenvalue weighted by Crippen LogP contribution is -2.48. The summed E-state index contributed by atoms with van der Waals surface area (Å²) in [5.74, 6) is 1.15. The summed E-state index contributed by atoms with van der Waals surface area (Å²) >= 11 is 0. The van der Waals surface area contributed by atoms with Gasteiger partial charge in [0, 0.05) is 33.1 Å². The van der Waals surface area contributed by atoms with Crippen molar-refractivity contribution >= 4 is 27.3 Å². The van der Waals surface area contributed by atoms with E-state index in [-0.39, 0.29) is 16.9 Å². The first-order valence-electron chi connectivity index (χ1n) is 10.3. The number of hydrogen-bond acceptors (Lipinski definition) is 6. The van der Waals surface area contributed by atoms with E-state index in [9.17, 15) is 13.2 Å². The average molecular weight is 446 g/mol. The SMILES string of the molecule is COc1ccccc1N1CCN(S(=O)(=O)c2ccc3c(c2)N(C(C)=O)CC(C)O3)CC1. The molecule has 1 fully saturated rings. The minimum absolute atomic E-state index is 0.142. The second-order valence-electron chi connectivity index (χ2n) is 7.75. The summed E-state index contributed by atoms with van der Waals surface area (Å²) in [4.78, 5) is 16.0. The number of piperazine rings is 1. The fourth-order valence-electron chi connectivity index (χ4n) is 4.09. The molecule has 0 bridgehead atoms. The van der Waals surface area contributed by atoms with Crippen LogP contribution in [-0.2, 0) is 14.8 Å². The van der Waals surface area contributed by atoms with Gasteiger partial charge in [0.2, 0.25) is 15.9 Å². The molecule has 9 heteroatoms. The highest BCUT2D eigenvalue weighted by molar-refractivity contribution is 7.89. The predicted molar refractivity (Wildman–Crippen MR) is 119 cm³/mol. The van der Waals surface area contributed by atoms with Crippen LogP contribution in [0.4, 0.5) is 11.4 Å². The lowest BCUT2D eigenvalue weighted by molar-refractivity contribution is -0.117. The number of ether oxygens (including phenoxy) is 2. The van der Waals surface area contributed by atoms with E-state index in [1.54, 1.807) is 30.2 Å². The molecular formula is C22H27N3O5S. The maximum atomic E-state index is 13.3. The third kappa shape index (κ3) is 4.07. The van der Waals surface area contributed by atoms with Crippen molar-refractivity contribution in [2.45, 2.75) is 24.8 Å². The molecule has 0 aliphatic carbocycles. The summed E-state index contributed by atoms with van der Waals surface area (Å²) in [7, 11) is -2.07. The average Bonchev–Trinajstić information content (AvgIpc) is 2.78. The fourth-order valence-corrected chi connectivity index (χ4v) is 5.53. The molecule has 0 radical (unpaired) electrons. The molecular weight excluding hydrogens is 418 g/mol. The highest BCUT2D eigenvalue weighted by Gasteiger charge is 2.32. The molecule has 2 heterocycles. The van der Waals surface area contributed by atoms with E-state index in [1.165, 1.54) is 11.2 Å². The van der Waals surface area contributed by atoms with Crippen LogP contribution in [0, 0.1) is 0 Å². The molecule has 1 atom stereocenters. The third-order valence-electron chi connectivity index (χ3n) is 5.67. The monoisotopic (exact) mass is 445 g/mol. The van der Waals surface area contributed by atoms with Crippen LogP contribution >= 0.6 is 0 Å². The second-order valence-corrected chi connectivity index (χ2v) is 9.69. The topological polar surface area (TPSA) is 79.4 Å². The zero-order valence-corrected chi connectivity index (χ0v) is 18.8. The van der Waals surface area contributed by atoms with Gasteiger partial charge in [-0.15, -0.1) is 0 Å². The zero-order valence-electron chi connectivity index (χ0n) is 17.9. The molecule has 0 spiro atoms. The minimum atomic E-state index is -3.70. The number of nitrogens with zero attached hydrogens (tertiary/aromatic N) is 3. The normalized spacial score (nSPS) is 19.5. The summed E-state index contributed by atoms with van der Waals surface area (Å²) in [5, 5.41) is 0. The smallest absolute Gasteiger partial charge is 0.243 e. The fraction of sp³-hybridized carbons (Fsp3) is 0.409. The van der Waals surface area contributed by atoms with Gasteiger partial charge in [0.05, 0.1) is 29.9 Å². The number of para-hydroxylation sites is 2. The summed E-state index contributed by atoms with van der Waals surface area (Å²) in [6, 6.07) is 12.5. The van der Waals surface area contributed by atoms with E-state index in [0.29, 0.717) is 44.2 Å². The Balaban J connectivity index is 1.55. The Morgan fingerprint density at radius 2 is 1.77 bits per heavy atom. The number of benzene rings is 2. The molecule has 0 aromatic heterocycles. The van der Waals surface area contributed by atoms with Gasteiger partial charge in [0.25, 0.3) is 0 Å². The molecule has 1 amide bonds. The minimum Gasteiger partial charge on any atom is -0.495 e. The molecule has 2 aliphatic rings. The highest BCUT2D eigenvalue weighted by Crippen LogP contribution is 2.36. The molecule has 1 unspecified atom stereocenters. The molecule has 2 aliphatic heterocycles. The number of amides is 1. The Morgan fingerprint density at radius 3 is 2.45 bits per heavy atom. The lowest BCUT2D eigenvalue weighted by atomic mass is 10.2. The second kappa shape index (κ2) is 8.39. The van der Waals surface area contributed by atoms with E-state index < -0.39 is 10.0 Å². The summed E-state index contributed by atoms with van der Waals surface area (Å²) in [5.41, 5.74) is 1.46. The van der Waals surface area contributed by atoms with Crippen LogP contribution < -0.4 is 19.3 Å². The van der Waals surface area contributed by atoms with Crippen LogP contribution in [0.5, 0.6) is 11.5 Å². The number of anilines is 2. The van der Waals surface area contributed by atoms with Gasteiger partial charge < -0.3 is 19.3 Å². The van der Waals surface area contributed by atoms with Crippen LogP contribution in [0.2, 0.25) is 0 Å². The van der Waals surface area contributed by atoms with Crippen molar-refractivity contribution in [3.8, 4) is 11.5 Å². The molecule has 0 N–H and O–H groups in total. The number of methoxy groups -OCH3 is 1. The Hall–Kier alpha value is -2.78. The molecule has 2 aromatic carbocycles. The Bertz CT molecular complexity index is 1080. The Labute approximate surface area is 183 Å². The first-order valence-corrected chi connectivity index (χ1v) is 11.7. The maximum Gasteiger partial charge on any atom is 0.243 e. The van der Waals surface area contributed by atoms with Gasteiger partial charge >= 0.3 is 0 Å². The van der Waals surface area contributed by atoms with Gasteiger partial charge in [-0.25, -0.2) is 8.42 Å². The standard InChI is InChI=1S/C22H27N3O5S/c1-16-15-25(17(2)26)20-14-18(8-9-22(20)30-16)31(27,28)24-12-10-23(11-13-24)19-6-4-5-7-21(19)29-3/h4-9,14,16H,10-13,15H2,1-3H3. The van der Waals surface area contributed by atoms with Crippen molar-refractivity contribution in [2.75, 3.05) is 49.6 Å². The first-order chi connectivity index (χ1) is 14.8.